The van der Waals surface area contributed by atoms with Gasteiger partial charge in [0.2, 0.25) is 0 Å². The standard InChI is InChI=1S/C21H18ClF2NO4/c1-11(29-19-3-2-14(23)6-17(19)22)13-8-25(9-13)21(27)16-5-12-4-15(26)10-28-20(12)7-18(16)24/h2-3,5-7,11,13H,4,8-10H2,1H3. The lowest BCUT2D eigenvalue weighted by molar-refractivity contribution is -0.121. The Hall–Kier alpha value is -2.67. The molecule has 152 valence electrons. The Morgan fingerprint density at radius 2 is 2.03 bits per heavy atom. The zero-order valence-corrected chi connectivity index (χ0v) is 16.3. The number of fused-ring (bicyclic) bond motifs is 1. The topological polar surface area (TPSA) is 55.8 Å². The Balaban J connectivity index is 1.40. The average molecular weight is 422 g/mol. The molecule has 1 fully saturated rings. The largest absolute Gasteiger partial charge is 0.489 e. The van der Waals surface area contributed by atoms with E-state index in [0.29, 0.717) is 30.2 Å². The second-order valence-corrected chi connectivity index (χ2v) is 7.72. The lowest BCUT2D eigenvalue weighted by Gasteiger charge is -2.42. The van der Waals surface area contributed by atoms with Crippen LogP contribution in [0, 0.1) is 17.6 Å². The molecule has 1 amide bonds. The molecular formula is C21H18ClF2NO4. The molecule has 2 aliphatic heterocycles. The average Bonchev–Trinajstić information content (AvgIpc) is 2.62. The fraction of sp³-hybridized carbons (Fsp3) is 0.333. The summed E-state index contributed by atoms with van der Waals surface area (Å²) in [6.07, 6.45) is -0.136. The van der Waals surface area contributed by atoms with Crippen LogP contribution in [0.5, 0.6) is 11.5 Å². The minimum Gasteiger partial charge on any atom is -0.489 e. The molecule has 2 aromatic carbocycles. The number of likely N-dealkylation sites (tertiary alicyclic amines) is 1. The van der Waals surface area contributed by atoms with Crippen LogP contribution in [0.25, 0.3) is 0 Å². The van der Waals surface area contributed by atoms with Crippen molar-refractivity contribution in [2.45, 2.75) is 19.4 Å². The van der Waals surface area contributed by atoms with Crippen LogP contribution < -0.4 is 9.47 Å². The van der Waals surface area contributed by atoms with Gasteiger partial charge < -0.3 is 14.4 Å². The number of rotatable bonds is 4. The summed E-state index contributed by atoms with van der Waals surface area (Å²) >= 11 is 5.98. The third-order valence-corrected chi connectivity index (χ3v) is 5.52. The van der Waals surface area contributed by atoms with E-state index in [4.69, 9.17) is 21.1 Å². The first-order valence-electron chi connectivity index (χ1n) is 9.19. The molecule has 1 saturated heterocycles. The third-order valence-electron chi connectivity index (χ3n) is 5.22. The summed E-state index contributed by atoms with van der Waals surface area (Å²) in [6.45, 7) is 2.55. The highest BCUT2D eigenvalue weighted by molar-refractivity contribution is 6.32. The molecule has 2 aliphatic rings. The van der Waals surface area contributed by atoms with Crippen molar-refractivity contribution in [3.05, 3.63) is 58.1 Å². The third kappa shape index (κ3) is 3.92. The van der Waals surface area contributed by atoms with Gasteiger partial charge in [-0.25, -0.2) is 8.78 Å². The van der Waals surface area contributed by atoms with E-state index in [9.17, 15) is 18.4 Å². The van der Waals surface area contributed by atoms with Gasteiger partial charge in [0.25, 0.3) is 5.91 Å². The van der Waals surface area contributed by atoms with Crippen molar-refractivity contribution in [3.8, 4) is 11.5 Å². The molecule has 0 radical (unpaired) electrons. The van der Waals surface area contributed by atoms with Gasteiger partial charge in [-0.1, -0.05) is 11.6 Å². The van der Waals surface area contributed by atoms with Gasteiger partial charge in [0.05, 0.1) is 10.6 Å². The van der Waals surface area contributed by atoms with Crippen molar-refractivity contribution in [2.24, 2.45) is 5.92 Å². The molecule has 0 aliphatic carbocycles. The van der Waals surface area contributed by atoms with Crippen molar-refractivity contribution in [3.63, 3.8) is 0 Å². The molecule has 0 bridgehead atoms. The van der Waals surface area contributed by atoms with E-state index in [2.05, 4.69) is 0 Å². The molecule has 4 rings (SSSR count). The van der Waals surface area contributed by atoms with Gasteiger partial charge in [0, 0.05) is 37.1 Å². The maximum Gasteiger partial charge on any atom is 0.256 e. The maximum absolute atomic E-state index is 14.4. The van der Waals surface area contributed by atoms with Crippen LogP contribution in [0.4, 0.5) is 8.78 Å². The van der Waals surface area contributed by atoms with Crippen LogP contribution in [0.1, 0.15) is 22.8 Å². The van der Waals surface area contributed by atoms with Crippen molar-refractivity contribution in [1.29, 1.82) is 0 Å². The number of carbonyl (C=O) groups excluding carboxylic acids is 2. The van der Waals surface area contributed by atoms with Gasteiger partial charge in [-0.3, -0.25) is 9.59 Å². The van der Waals surface area contributed by atoms with E-state index < -0.39 is 17.5 Å². The molecule has 1 unspecified atom stereocenters. The summed E-state index contributed by atoms with van der Waals surface area (Å²) in [4.78, 5) is 25.8. The van der Waals surface area contributed by atoms with Gasteiger partial charge in [-0.05, 0) is 31.2 Å². The predicted molar refractivity (Wildman–Crippen MR) is 101 cm³/mol. The van der Waals surface area contributed by atoms with E-state index >= 15 is 0 Å². The number of benzene rings is 2. The van der Waals surface area contributed by atoms with Crippen LogP contribution in [-0.4, -0.2) is 42.4 Å². The molecule has 0 N–H and O–H groups in total. The highest BCUT2D eigenvalue weighted by Crippen LogP contribution is 2.32. The van der Waals surface area contributed by atoms with Crippen molar-refractivity contribution in [2.75, 3.05) is 19.7 Å². The molecule has 0 saturated carbocycles. The van der Waals surface area contributed by atoms with Crippen molar-refractivity contribution < 1.29 is 27.8 Å². The van der Waals surface area contributed by atoms with E-state index in [-0.39, 0.29) is 41.4 Å². The first kappa shape index (κ1) is 19.6. The summed E-state index contributed by atoms with van der Waals surface area (Å²) in [7, 11) is 0. The second kappa shape index (κ2) is 7.63. The predicted octanol–water partition coefficient (Wildman–Crippen LogP) is 3.66. The van der Waals surface area contributed by atoms with Gasteiger partial charge in [-0.15, -0.1) is 0 Å². The van der Waals surface area contributed by atoms with Gasteiger partial charge in [0.15, 0.2) is 5.78 Å². The Morgan fingerprint density at radius 3 is 2.76 bits per heavy atom. The molecule has 1 atom stereocenters. The fourth-order valence-corrected chi connectivity index (χ4v) is 3.68. The molecule has 29 heavy (non-hydrogen) atoms. The van der Waals surface area contributed by atoms with Crippen LogP contribution in [0.3, 0.4) is 0 Å². The zero-order valence-electron chi connectivity index (χ0n) is 15.6. The van der Waals surface area contributed by atoms with Crippen LogP contribution in [0.15, 0.2) is 30.3 Å². The summed E-state index contributed by atoms with van der Waals surface area (Å²) < 4.78 is 38.5. The van der Waals surface area contributed by atoms with Crippen molar-refractivity contribution in [1.82, 2.24) is 4.90 Å². The Morgan fingerprint density at radius 1 is 1.28 bits per heavy atom. The Kier molecular flexibility index (Phi) is 5.17. The number of ether oxygens (including phenoxy) is 2. The molecule has 8 heteroatoms. The lowest BCUT2D eigenvalue weighted by Crippen LogP contribution is -2.55. The number of halogens is 3. The number of nitrogens with zero attached hydrogens (tertiary/aromatic N) is 1. The minimum atomic E-state index is -0.672. The normalized spacial score (nSPS) is 17.2. The molecular weight excluding hydrogens is 404 g/mol. The maximum atomic E-state index is 14.4. The van der Waals surface area contributed by atoms with E-state index in [0.717, 1.165) is 6.07 Å². The quantitative estimate of drug-likeness (QED) is 0.756. The molecule has 2 aromatic rings. The molecule has 5 nitrogen and oxygen atoms in total. The highest BCUT2D eigenvalue weighted by Gasteiger charge is 2.37. The number of hydrogen-bond acceptors (Lipinski definition) is 4. The summed E-state index contributed by atoms with van der Waals surface area (Å²) in [5.41, 5.74) is 0.446. The van der Waals surface area contributed by atoms with Gasteiger partial charge in [0.1, 0.15) is 35.8 Å². The van der Waals surface area contributed by atoms with Gasteiger partial charge >= 0.3 is 0 Å². The number of hydrogen-bond donors (Lipinski definition) is 0. The zero-order chi connectivity index (χ0) is 20.7. The summed E-state index contributed by atoms with van der Waals surface area (Å²) in [5, 5.41) is 0.178. The van der Waals surface area contributed by atoms with Gasteiger partial charge in [-0.2, -0.15) is 0 Å². The highest BCUT2D eigenvalue weighted by atomic mass is 35.5. The monoisotopic (exact) mass is 421 g/mol. The summed E-state index contributed by atoms with van der Waals surface area (Å²) in [5.74, 6) is -0.966. The number of amides is 1. The SMILES string of the molecule is CC(Oc1ccc(F)cc1Cl)C1CN(C(=O)c2cc3c(cc2F)OCC(=O)C3)C1. The van der Waals surface area contributed by atoms with Crippen molar-refractivity contribution >= 4 is 23.3 Å². The van der Waals surface area contributed by atoms with E-state index in [1.807, 2.05) is 6.92 Å². The first-order valence-corrected chi connectivity index (χ1v) is 9.57. The Labute approximate surface area is 171 Å². The van der Waals surface area contributed by atoms with Crippen LogP contribution in [0.2, 0.25) is 5.02 Å². The number of ketones is 1. The molecule has 0 spiro atoms. The minimum absolute atomic E-state index is 0.0330. The number of carbonyl (C=O) groups is 2. The van der Waals surface area contributed by atoms with E-state index in [1.54, 1.807) is 0 Å². The smallest absolute Gasteiger partial charge is 0.256 e. The van der Waals surface area contributed by atoms with Crippen LogP contribution >= 0.6 is 11.6 Å². The number of Topliss-reactive ketones (excluding diaryl/α,β-unsaturated/α-hetero) is 1. The Bertz CT molecular complexity index is 991. The lowest BCUT2D eigenvalue weighted by atomic mass is 9.93. The first-order chi connectivity index (χ1) is 13.8. The van der Waals surface area contributed by atoms with Crippen LogP contribution in [-0.2, 0) is 11.2 Å². The summed E-state index contributed by atoms with van der Waals surface area (Å²) in [6, 6.07) is 6.46. The molecule has 0 aromatic heterocycles. The molecule has 2 heterocycles. The fourth-order valence-electron chi connectivity index (χ4n) is 3.47. The second-order valence-electron chi connectivity index (χ2n) is 7.31. The van der Waals surface area contributed by atoms with E-state index in [1.165, 1.54) is 29.2 Å².